The van der Waals surface area contributed by atoms with E-state index >= 15 is 0 Å². The van der Waals surface area contributed by atoms with Crippen LogP contribution in [0.5, 0.6) is 0 Å². The third kappa shape index (κ3) is 3.02. The summed E-state index contributed by atoms with van der Waals surface area (Å²) in [7, 11) is 0. The van der Waals surface area contributed by atoms with Crippen molar-refractivity contribution in [3.63, 3.8) is 0 Å². The molecule has 1 saturated heterocycles. The molecule has 4 rings (SSSR count). The molecule has 0 aromatic carbocycles. The summed E-state index contributed by atoms with van der Waals surface area (Å²) in [4.78, 5) is 24.8. The maximum absolute atomic E-state index is 12.5. The van der Waals surface area contributed by atoms with Crippen LogP contribution < -0.4 is 0 Å². The van der Waals surface area contributed by atoms with Crippen LogP contribution in [0.25, 0.3) is 0 Å². The summed E-state index contributed by atoms with van der Waals surface area (Å²) in [6.07, 6.45) is -7.63. The Balaban J connectivity index is 2.10. The van der Waals surface area contributed by atoms with E-state index in [0.29, 0.717) is 5.57 Å². The average molecular weight is 485 g/mol. The fourth-order valence-electron chi connectivity index (χ4n) is 7.43. The lowest BCUT2D eigenvalue weighted by Gasteiger charge is -2.65. The predicted octanol–water partition coefficient (Wildman–Crippen LogP) is -0.420. The van der Waals surface area contributed by atoms with Gasteiger partial charge in [0.2, 0.25) is 0 Å². The summed E-state index contributed by atoms with van der Waals surface area (Å²) in [6, 6.07) is 0. The summed E-state index contributed by atoms with van der Waals surface area (Å²) in [6.45, 7) is 8.49. The van der Waals surface area contributed by atoms with Crippen LogP contribution in [0.15, 0.2) is 11.1 Å². The lowest BCUT2D eigenvalue weighted by atomic mass is 9.49. The predicted molar refractivity (Wildman–Crippen MR) is 116 cm³/mol. The van der Waals surface area contributed by atoms with Crippen LogP contribution in [0.4, 0.5) is 0 Å². The minimum atomic E-state index is -1.67. The highest BCUT2D eigenvalue weighted by Crippen LogP contribution is 2.67. The van der Waals surface area contributed by atoms with Gasteiger partial charge in [0, 0.05) is 25.7 Å². The van der Waals surface area contributed by atoms with Crippen LogP contribution in [0.3, 0.4) is 0 Å². The molecule has 10 nitrogen and oxygen atoms in total. The lowest BCUT2D eigenvalue weighted by Crippen LogP contribution is -2.78. The minimum Gasteiger partial charge on any atom is -0.461 e. The molecule has 192 valence electrons. The Morgan fingerprint density at radius 2 is 1.74 bits per heavy atom. The van der Waals surface area contributed by atoms with E-state index in [9.17, 15) is 35.1 Å². The molecule has 0 radical (unpaired) electrons. The molecule has 0 aromatic heterocycles. The highest BCUT2D eigenvalue weighted by atomic mass is 16.6. The van der Waals surface area contributed by atoms with Crippen LogP contribution in [0, 0.1) is 16.7 Å². The van der Waals surface area contributed by atoms with Crippen LogP contribution in [0.1, 0.15) is 54.4 Å². The van der Waals surface area contributed by atoms with Crippen LogP contribution >= 0.6 is 0 Å². The second-order valence-corrected chi connectivity index (χ2v) is 11.2. The normalized spacial score (nSPS) is 48.1. The summed E-state index contributed by atoms with van der Waals surface area (Å²) < 4.78 is 17.5. The quantitative estimate of drug-likeness (QED) is 0.263. The van der Waals surface area contributed by atoms with Crippen molar-refractivity contribution < 1.29 is 49.3 Å². The smallest absolute Gasteiger partial charge is 0.303 e. The van der Waals surface area contributed by atoms with Crippen molar-refractivity contribution in [1.29, 1.82) is 0 Å². The van der Waals surface area contributed by atoms with Gasteiger partial charge in [-0.2, -0.15) is 0 Å². The zero-order valence-corrected chi connectivity index (χ0v) is 20.4. The van der Waals surface area contributed by atoms with Crippen molar-refractivity contribution in [2.24, 2.45) is 16.7 Å². The van der Waals surface area contributed by atoms with Gasteiger partial charge in [0.25, 0.3) is 0 Å². The third-order valence-corrected chi connectivity index (χ3v) is 9.07. The van der Waals surface area contributed by atoms with Gasteiger partial charge in [0.15, 0.2) is 5.60 Å². The molecule has 1 heterocycles. The second kappa shape index (κ2) is 7.72. The molecule has 34 heavy (non-hydrogen) atoms. The number of hydrogen-bond acceptors (Lipinski definition) is 10. The van der Waals surface area contributed by atoms with Crippen molar-refractivity contribution in [2.45, 2.75) is 102 Å². The van der Waals surface area contributed by atoms with E-state index in [0.717, 1.165) is 0 Å². The SMILES string of the molecule is CC(=O)O[C@H]1[C@H]2[C@]3(OC(C)=O)CO[C@@H]3C[C@H](O)[C@@]2(C)[C@@H](O)[C@H](O)C2=C(C)[C@@H](O)C[C@]21C(C)(C)O. The zero-order valence-electron chi connectivity index (χ0n) is 20.4. The number of carbonyl (C=O) groups excluding carboxylic acids is 2. The number of hydrogen-bond donors (Lipinski definition) is 5. The van der Waals surface area contributed by atoms with Crippen molar-refractivity contribution >= 4 is 11.9 Å². The fraction of sp³-hybridized carbons (Fsp3) is 0.833. The molecule has 0 amide bonds. The molecule has 0 unspecified atom stereocenters. The highest BCUT2D eigenvalue weighted by molar-refractivity contribution is 5.68. The van der Waals surface area contributed by atoms with Crippen molar-refractivity contribution in [3.8, 4) is 0 Å². The summed E-state index contributed by atoms with van der Waals surface area (Å²) >= 11 is 0. The monoisotopic (exact) mass is 484 g/mol. The van der Waals surface area contributed by atoms with Crippen LogP contribution in [-0.4, -0.2) is 91.9 Å². The second-order valence-electron chi connectivity index (χ2n) is 11.2. The van der Waals surface area contributed by atoms with Gasteiger partial charge in [-0.15, -0.1) is 0 Å². The van der Waals surface area contributed by atoms with Gasteiger partial charge < -0.3 is 39.7 Å². The number of aliphatic hydroxyl groups excluding tert-OH is 4. The molecule has 0 aromatic rings. The molecule has 1 aliphatic heterocycles. The van der Waals surface area contributed by atoms with Gasteiger partial charge in [-0.3, -0.25) is 9.59 Å². The fourth-order valence-corrected chi connectivity index (χ4v) is 7.43. The number of aliphatic hydroxyl groups is 5. The molecule has 5 N–H and O–H groups in total. The van der Waals surface area contributed by atoms with E-state index in [1.54, 1.807) is 13.8 Å². The molecular formula is C24H36O10. The number of fused-ring (bicyclic) bond motifs is 4. The molecule has 10 heteroatoms. The largest absolute Gasteiger partial charge is 0.461 e. The van der Waals surface area contributed by atoms with E-state index in [-0.39, 0.29) is 25.0 Å². The molecule has 0 spiro atoms. The van der Waals surface area contributed by atoms with E-state index in [2.05, 4.69) is 0 Å². The Kier molecular flexibility index (Phi) is 5.79. The maximum Gasteiger partial charge on any atom is 0.303 e. The highest BCUT2D eigenvalue weighted by Gasteiger charge is 2.78. The van der Waals surface area contributed by atoms with Crippen LogP contribution in [-0.2, 0) is 23.8 Å². The molecule has 3 fully saturated rings. The minimum absolute atomic E-state index is 0.0209. The molecule has 0 bridgehead atoms. The Morgan fingerprint density at radius 1 is 1.12 bits per heavy atom. The van der Waals surface area contributed by atoms with Crippen molar-refractivity contribution in [1.82, 2.24) is 0 Å². The molecule has 2 saturated carbocycles. The van der Waals surface area contributed by atoms with Crippen LogP contribution in [0.2, 0.25) is 0 Å². The Labute approximate surface area is 198 Å². The first kappa shape index (κ1) is 25.5. The topological polar surface area (TPSA) is 163 Å². The maximum atomic E-state index is 12.5. The standard InChI is InChI=1S/C24H36O10/c1-10-13(27)8-23(21(4,5)31)16(10)17(29)19(30)22(6)14(28)7-15-24(9-32-15,34-12(3)26)18(22)20(23)33-11(2)25/h13-15,17-20,27-31H,7-9H2,1-6H3/t13-,14-,15+,17+,18+,19-,20-,22+,23-,24-/m0/s1. The summed E-state index contributed by atoms with van der Waals surface area (Å²) in [5.74, 6) is -2.40. The number of carbonyl (C=O) groups is 2. The number of ether oxygens (including phenoxy) is 3. The summed E-state index contributed by atoms with van der Waals surface area (Å²) in [5, 5.41) is 56.9. The first-order chi connectivity index (χ1) is 15.6. The zero-order chi connectivity index (χ0) is 25.6. The summed E-state index contributed by atoms with van der Waals surface area (Å²) in [5.41, 5.74) is -5.64. The van der Waals surface area contributed by atoms with Crippen molar-refractivity contribution in [3.05, 3.63) is 11.1 Å². The first-order valence-corrected chi connectivity index (χ1v) is 11.7. The Morgan fingerprint density at radius 3 is 2.21 bits per heavy atom. The average Bonchev–Trinajstić information content (AvgIpc) is 2.95. The van der Waals surface area contributed by atoms with E-state index in [1.807, 2.05) is 0 Å². The van der Waals surface area contributed by atoms with Gasteiger partial charge >= 0.3 is 11.9 Å². The van der Waals surface area contributed by atoms with Gasteiger partial charge in [0.05, 0.1) is 41.9 Å². The number of esters is 2. The van der Waals surface area contributed by atoms with Gasteiger partial charge in [0.1, 0.15) is 18.3 Å². The van der Waals surface area contributed by atoms with E-state index in [4.69, 9.17) is 14.2 Å². The first-order valence-electron chi connectivity index (χ1n) is 11.7. The van der Waals surface area contributed by atoms with Gasteiger partial charge in [-0.1, -0.05) is 6.92 Å². The number of rotatable bonds is 3. The van der Waals surface area contributed by atoms with Gasteiger partial charge in [-0.25, -0.2) is 0 Å². The Bertz CT molecular complexity index is 923. The Hall–Kier alpha value is -1.56. The molecular weight excluding hydrogens is 448 g/mol. The molecule has 4 aliphatic rings. The molecule has 3 aliphatic carbocycles. The third-order valence-electron chi connectivity index (χ3n) is 9.07. The van der Waals surface area contributed by atoms with Gasteiger partial charge in [-0.05, 0) is 38.3 Å². The van der Waals surface area contributed by atoms with E-state index in [1.165, 1.54) is 27.7 Å². The lowest BCUT2D eigenvalue weighted by molar-refractivity contribution is -0.352. The van der Waals surface area contributed by atoms with E-state index < -0.39 is 76.5 Å². The van der Waals surface area contributed by atoms with Crippen molar-refractivity contribution in [2.75, 3.05) is 6.61 Å². The molecule has 10 atom stereocenters.